The number of pyridine rings is 1. The van der Waals surface area contributed by atoms with Crippen LogP contribution in [-0.2, 0) is 0 Å². The highest BCUT2D eigenvalue weighted by Gasteiger charge is 2.24. The van der Waals surface area contributed by atoms with Gasteiger partial charge in [-0.3, -0.25) is 0 Å². The van der Waals surface area contributed by atoms with Crippen molar-refractivity contribution in [2.24, 2.45) is 0 Å². The van der Waals surface area contributed by atoms with E-state index < -0.39 is 5.97 Å². The normalized spacial score (nSPS) is 19.9. The number of carbonyl (C=O) groups is 1. The summed E-state index contributed by atoms with van der Waals surface area (Å²) in [5.74, 6) is 0.194. The second kappa shape index (κ2) is 5.25. The number of rotatable bonds is 2. The molecular weight excluding hydrogens is 254 g/mol. The lowest BCUT2D eigenvalue weighted by atomic mass is 10.0. The van der Waals surface area contributed by atoms with Gasteiger partial charge in [0.25, 0.3) is 0 Å². The Labute approximate surface area is 117 Å². The van der Waals surface area contributed by atoms with E-state index in [0.717, 1.165) is 42.8 Å². The first-order valence-corrected chi connectivity index (χ1v) is 7.10. The molecule has 0 radical (unpaired) electrons. The van der Waals surface area contributed by atoms with Gasteiger partial charge in [-0.1, -0.05) is 12.5 Å². The zero-order valence-corrected chi connectivity index (χ0v) is 11.6. The molecule has 5 heteroatoms. The van der Waals surface area contributed by atoms with E-state index in [2.05, 4.69) is 10.3 Å². The second-order valence-electron chi connectivity index (χ2n) is 5.43. The Balaban J connectivity index is 2.15. The fourth-order valence-electron chi connectivity index (χ4n) is 3.01. The first-order valence-electron chi connectivity index (χ1n) is 7.10. The summed E-state index contributed by atoms with van der Waals surface area (Å²) in [7, 11) is 0. The van der Waals surface area contributed by atoms with Gasteiger partial charge in [-0.2, -0.15) is 0 Å². The van der Waals surface area contributed by atoms with Gasteiger partial charge in [-0.05, 0) is 37.9 Å². The van der Waals surface area contributed by atoms with Crippen molar-refractivity contribution in [1.29, 1.82) is 0 Å². The molecule has 2 aromatic rings. The average Bonchev–Trinajstić information content (AvgIpc) is 2.63. The number of imidazole rings is 1. The molecule has 1 unspecified atom stereocenters. The molecule has 1 saturated heterocycles. The molecule has 1 fully saturated rings. The highest BCUT2D eigenvalue weighted by atomic mass is 16.4. The molecule has 20 heavy (non-hydrogen) atoms. The predicted molar refractivity (Wildman–Crippen MR) is 76.4 cm³/mol. The van der Waals surface area contributed by atoms with Crippen LogP contribution in [0.2, 0.25) is 0 Å². The number of carboxylic acids is 1. The number of aryl methyl sites for hydroxylation is 1. The largest absolute Gasteiger partial charge is 0.476 e. The van der Waals surface area contributed by atoms with Crippen molar-refractivity contribution in [2.45, 2.75) is 32.1 Å². The molecule has 3 heterocycles. The van der Waals surface area contributed by atoms with Crippen molar-refractivity contribution >= 4 is 11.5 Å². The molecule has 2 N–H and O–H groups in total. The zero-order valence-electron chi connectivity index (χ0n) is 11.6. The molecule has 0 amide bonds. The van der Waals surface area contributed by atoms with E-state index in [1.807, 2.05) is 29.7 Å². The second-order valence-corrected chi connectivity index (χ2v) is 5.43. The summed E-state index contributed by atoms with van der Waals surface area (Å²) < 4.78 is 1.95. The summed E-state index contributed by atoms with van der Waals surface area (Å²) in [6.45, 7) is 3.83. The third kappa shape index (κ3) is 2.18. The summed E-state index contributed by atoms with van der Waals surface area (Å²) in [5.41, 5.74) is 1.84. The highest BCUT2D eigenvalue weighted by molar-refractivity contribution is 5.94. The number of fused-ring (bicyclic) bond motifs is 1. The molecule has 5 nitrogen and oxygen atoms in total. The molecule has 3 rings (SSSR count). The van der Waals surface area contributed by atoms with Gasteiger partial charge < -0.3 is 14.8 Å². The lowest BCUT2D eigenvalue weighted by molar-refractivity contribution is 0.0693. The van der Waals surface area contributed by atoms with Gasteiger partial charge in [0, 0.05) is 18.7 Å². The quantitative estimate of drug-likeness (QED) is 0.880. The molecule has 0 spiro atoms. The van der Waals surface area contributed by atoms with Crippen molar-refractivity contribution < 1.29 is 9.90 Å². The lowest BCUT2D eigenvalue weighted by Crippen LogP contribution is -2.20. The van der Waals surface area contributed by atoms with Crippen molar-refractivity contribution in [3.63, 3.8) is 0 Å². The molecule has 0 aliphatic carbocycles. The van der Waals surface area contributed by atoms with E-state index in [9.17, 15) is 9.90 Å². The van der Waals surface area contributed by atoms with E-state index in [1.54, 1.807) is 0 Å². The van der Waals surface area contributed by atoms with Crippen LogP contribution in [0.25, 0.3) is 5.52 Å². The molecule has 0 aromatic carbocycles. The number of nitrogens with one attached hydrogen (secondary N) is 1. The highest BCUT2D eigenvalue weighted by Crippen LogP contribution is 2.26. The maximum atomic E-state index is 11.4. The standard InChI is InChI=1S/C15H19N3O2/c1-10-5-4-8-18-13(10)12(15(19)20)17-14(18)11-6-2-3-7-16-9-11/h4-5,8,11,16H,2-3,6-7,9H2,1H3,(H,19,20). The van der Waals surface area contributed by atoms with Crippen LogP contribution in [0.15, 0.2) is 18.3 Å². The molecule has 2 aromatic heterocycles. The summed E-state index contributed by atoms with van der Waals surface area (Å²) in [4.78, 5) is 15.9. The molecule has 0 bridgehead atoms. The number of hydrogen-bond acceptors (Lipinski definition) is 3. The van der Waals surface area contributed by atoms with Crippen LogP contribution in [0.1, 0.15) is 47.1 Å². The number of aromatic nitrogens is 2. The smallest absolute Gasteiger partial charge is 0.356 e. The van der Waals surface area contributed by atoms with Crippen molar-refractivity contribution in [3.05, 3.63) is 35.4 Å². The van der Waals surface area contributed by atoms with E-state index in [-0.39, 0.29) is 11.6 Å². The third-order valence-electron chi connectivity index (χ3n) is 4.01. The minimum Gasteiger partial charge on any atom is -0.476 e. The predicted octanol–water partition coefficient (Wildman–Crippen LogP) is 2.20. The van der Waals surface area contributed by atoms with Crippen LogP contribution >= 0.6 is 0 Å². The summed E-state index contributed by atoms with van der Waals surface area (Å²) >= 11 is 0. The van der Waals surface area contributed by atoms with Gasteiger partial charge >= 0.3 is 5.97 Å². The van der Waals surface area contributed by atoms with Gasteiger partial charge in [0.15, 0.2) is 5.69 Å². The Hall–Kier alpha value is -1.88. The maximum Gasteiger partial charge on any atom is 0.356 e. The van der Waals surface area contributed by atoms with E-state index in [0.29, 0.717) is 0 Å². The molecule has 1 aliphatic heterocycles. The Bertz CT molecular complexity index is 640. The summed E-state index contributed by atoms with van der Waals surface area (Å²) in [6, 6.07) is 3.88. The van der Waals surface area contributed by atoms with Crippen LogP contribution < -0.4 is 5.32 Å². The Kier molecular flexibility index (Phi) is 3.44. The van der Waals surface area contributed by atoms with Crippen LogP contribution in [-0.4, -0.2) is 33.6 Å². The maximum absolute atomic E-state index is 11.4. The van der Waals surface area contributed by atoms with E-state index in [4.69, 9.17) is 0 Å². The monoisotopic (exact) mass is 273 g/mol. The Morgan fingerprint density at radius 1 is 1.50 bits per heavy atom. The average molecular weight is 273 g/mol. The Morgan fingerprint density at radius 3 is 3.15 bits per heavy atom. The summed E-state index contributed by atoms with van der Waals surface area (Å²) in [6.07, 6.45) is 5.30. The van der Waals surface area contributed by atoms with E-state index >= 15 is 0 Å². The van der Waals surface area contributed by atoms with Gasteiger partial charge in [-0.15, -0.1) is 0 Å². The minimum atomic E-state index is -0.954. The third-order valence-corrected chi connectivity index (χ3v) is 4.01. The van der Waals surface area contributed by atoms with Crippen molar-refractivity contribution in [3.8, 4) is 0 Å². The fraction of sp³-hybridized carbons (Fsp3) is 0.467. The van der Waals surface area contributed by atoms with Gasteiger partial charge in [0.05, 0.1) is 5.52 Å². The van der Waals surface area contributed by atoms with Gasteiger partial charge in [0.1, 0.15) is 5.82 Å². The molecular formula is C15H19N3O2. The summed E-state index contributed by atoms with van der Waals surface area (Å²) in [5, 5.41) is 12.8. The zero-order chi connectivity index (χ0) is 14.1. The van der Waals surface area contributed by atoms with Crippen LogP contribution in [0.5, 0.6) is 0 Å². The number of carboxylic acid groups (broad SMARTS) is 1. The molecule has 106 valence electrons. The van der Waals surface area contributed by atoms with Gasteiger partial charge in [0.2, 0.25) is 0 Å². The minimum absolute atomic E-state index is 0.169. The molecule has 1 aliphatic rings. The lowest BCUT2D eigenvalue weighted by Gasteiger charge is -2.13. The first-order chi connectivity index (χ1) is 9.68. The fourth-order valence-corrected chi connectivity index (χ4v) is 3.01. The van der Waals surface area contributed by atoms with Crippen molar-refractivity contribution in [1.82, 2.24) is 14.7 Å². The Morgan fingerprint density at radius 2 is 2.35 bits per heavy atom. The van der Waals surface area contributed by atoms with Crippen LogP contribution in [0, 0.1) is 6.92 Å². The number of nitrogens with zero attached hydrogens (tertiary/aromatic N) is 2. The van der Waals surface area contributed by atoms with Crippen LogP contribution in [0.3, 0.4) is 0 Å². The SMILES string of the molecule is Cc1cccn2c(C3CCCCNC3)nc(C(=O)O)c12. The van der Waals surface area contributed by atoms with Crippen LogP contribution in [0.4, 0.5) is 0 Å². The van der Waals surface area contributed by atoms with Gasteiger partial charge in [-0.25, -0.2) is 9.78 Å². The number of hydrogen-bond donors (Lipinski definition) is 2. The van der Waals surface area contributed by atoms with Crippen molar-refractivity contribution in [2.75, 3.05) is 13.1 Å². The molecule has 0 saturated carbocycles. The number of aromatic carboxylic acids is 1. The first kappa shape index (κ1) is 13.1. The van der Waals surface area contributed by atoms with E-state index in [1.165, 1.54) is 6.42 Å². The topological polar surface area (TPSA) is 66.6 Å². The molecule has 1 atom stereocenters.